The Kier molecular flexibility index (Phi) is 1.88. The highest BCUT2D eigenvalue weighted by Gasteiger charge is 1.92. The van der Waals surface area contributed by atoms with E-state index in [-0.39, 0.29) is 0 Å². The minimum Gasteiger partial charge on any atom is -0.352 e. The van der Waals surface area contributed by atoms with Gasteiger partial charge in [0.1, 0.15) is 4.64 Å². The summed E-state index contributed by atoms with van der Waals surface area (Å²) in [5.74, 6) is 0. The minimum atomic E-state index is 0.608. The third-order valence-electron chi connectivity index (χ3n) is 1.09. The van der Waals surface area contributed by atoms with Crippen LogP contribution >= 0.6 is 23.8 Å². The molecule has 48 valence electrons. The van der Waals surface area contributed by atoms with Crippen LogP contribution in [0.3, 0.4) is 0 Å². The largest absolute Gasteiger partial charge is 0.352 e. The molecule has 1 rings (SSSR count). The maximum absolute atomic E-state index is 5.74. The maximum atomic E-state index is 5.74. The Bertz CT molecular complexity index is 266. The number of aromatic nitrogens is 1. The second kappa shape index (κ2) is 2.50. The van der Waals surface area contributed by atoms with Crippen molar-refractivity contribution in [3.8, 4) is 0 Å². The van der Waals surface area contributed by atoms with Crippen molar-refractivity contribution in [3.05, 3.63) is 27.5 Å². The lowest BCUT2D eigenvalue weighted by Crippen LogP contribution is -1.78. The van der Waals surface area contributed by atoms with Gasteiger partial charge in [-0.2, -0.15) is 0 Å². The van der Waals surface area contributed by atoms with Gasteiger partial charge >= 0.3 is 0 Å². The summed E-state index contributed by atoms with van der Waals surface area (Å²) >= 11 is 10.6. The van der Waals surface area contributed by atoms with Gasteiger partial charge in [-0.05, 0) is 18.6 Å². The van der Waals surface area contributed by atoms with Gasteiger partial charge < -0.3 is 4.98 Å². The fourth-order valence-corrected chi connectivity index (χ4v) is 0.905. The first-order chi connectivity index (χ1) is 4.22. The second-order valence-electron chi connectivity index (χ2n) is 1.80. The first-order valence-electron chi connectivity index (χ1n) is 2.55. The lowest BCUT2D eigenvalue weighted by Gasteiger charge is -1.93. The Morgan fingerprint density at radius 1 is 1.67 bits per heavy atom. The van der Waals surface area contributed by atoms with Crippen LogP contribution < -0.4 is 0 Å². The number of hydrogen-bond donors (Lipinski definition) is 1. The zero-order valence-corrected chi connectivity index (χ0v) is 6.51. The monoisotopic (exact) mass is 159 g/mol. The molecular weight excluding hydrogens is 154 g/mol. The fourth-order valence-electron chi connectivity index (χ4n) is 0.558. The summed E-state index contributed by atoms with van der Waals surface area (Å²) in [5, 5.41) is 0.646. The second-order valence-corrected chi connectivity index (χ2v) is 2.59. The molecule has 9 heavy (non-hydrogen) atoms. The summed E-state index contributed by atoms with van der Waals surface area (Å²) in [4.78, 5) is 2.82. The topological polar surface area (TPSA) is 15.8 Å². The molecule has 1 N–H and O–H groups in total. The van der Waals surface area contributed by atoms with Gasteiger partial charge in [-0.3, -0.25) is 0 Å². The molecule has 0 fully saturated rings. The van der Waals surface area contributed by atoms with Crippen LogP contribution in [0.15, 0.2) is 12.3 Å². The Balaban J connectivity index is 3.43. The molecule has 0 aliphatic rings. The Morgan fingerprint density at radius 3 is 2.78 bits per heavy atom. The quantitative estimate of drug-likeness (QED) is 0.576. The van der Waals surface area contributed by atoms with E-state index in [1.807, 2.05) is 13.0 Å². The van der Waals surface area contributed by atoms with Crippen LogP contribution in [0.2, 0.25) is 5.02 Å². The molecule has 1 aromatic rings. The van der Waals surface area contributed by atoms with Crippen molar-refractivity contribution in [1.82, 2.24) is 4.98 Å². The van der Waals surface area contributed by atoms with Crippen LogP contribution in [0.25, 0.3) is 0 Å². The molecule has 1 heterocycles. The molecule has 0 unspecified atom stereocenters. The molecule has 1 nitrogen and oxygen atoms in total. The summed E-state index contributed by atoms with van der Waals surface area (Å²) in [6.45, 7) is 1.92. The molecule has 0 aliphatic carbocycles. The average Bonchev–Trinajstić information content (AvgIpc) is 1.83. The zero-order valence-electron chi connectivity index (χ0n) is 4.94. The lowest BCUT2D eigenvalue weighted by atomic mass is 10.3. The van der Waals surface area contributed by atoms with Gasteiger partial charge in [0, 0.05) is 6.20 Å². The van der Waals surface area contributed by atoms with Gasteiger partial charge in [0.2, 0.25) is 0 Å². The molecular formula is C6H6ClNS. The van der Waals surface area contributed by atoms with E-state index in [2.05, 4.69) is 4.98 Å². The zero-order chi connectivity index (χ0) is 6.85. The summed E-state index contributed by atoms with van der Waals surface area (Å²) in [5.41, 5.74) is 1.01. The van der Waals surface area contributed by atoms with E-state index in [9.17, 15) is 0 Å². The number of aryl methyl sites for hydroxylation is 1. The van der Waals surface area contributed by atoms with Crippen LogP contribution in [0, 0.1) is 11.6 Å². The number of pyridine rings is 1. The molecule has 0 saturated carbocycles. The molecule has 1 aromatic heterocycles. The van der Waals surface area contributed by atoms with Gasteiger partial charge in [0.05, 0.1) is 5.02 Å². The molecule has 0 radical (unpaired) electrons. The summed E-state index contributed by atoms with van der Waals surface area (Å²) in [6.07, 6.45) is 1.78. The fraction of sp³-hybridized carbons (Fsp3) is 0.167. The van der Waals surface area contributed by atoms with Gasteiger partial charge in [0.15, 0.2) is 0 Å². The predicted molar refractivity (Wildman–Crippen MR) is 41.4 cm³/mol. The van der Waals surface area contributed by atoms with Gasteiger partial charge in [0.25, 0.3) is 0 Å². The number of nitrogens with one attached hydrogen (secondary N) is 1. The molecule has 0 aliphatic heterocycles. The first-order valence-corrected chi connectivity index (χ1v) is 3.34. The maximum Gasteiger partial charge on any atom is 0.122 e. The molecule has 0 amide bonds. The van der Waals surface area contributed by atoms with Crippen molar-refractivity contribution < 1.29 is 0 Å². The normalized spacial score (nSPS) is 9.56. The smallest absolute Gasteiger partial charge is 0.122 e. The van der Waals surface area contributed by atoms with E-state index in [0.717, 1.165) is 5.56 Å². The molecule has 0 atom stereocenters. The van der Waals surface area contributed by atoms with Crippen molar-refractivity contribution in [2.24, 2.45) is 0 Å². The van der Waals surface area contributed by atoms with Crippen LogP contribution in [-0.4, -0.2) is 4.98 Å². The van der Waals surface area contributed by atoms with E-state index in [1.54, 1.807) is 6.20 Å². The molecule has 0 bridgehead atoms. The molecule has 0 aromatic carbocycles. The number of hydrogen-bond acceptors (Lipinski definition) is 1. The van der Waals surface area contributed by atoms with Gasteiger partial charge in [-0.15, -0.1) is 0 Å². The van der Waals surface area contributed by atoms with Crippen molar-refractivity contribution in [2.75, 3.05) is 0 Å². The number of rotatable bonds is 0. The van der Waals surface area contributed by atoms with Crippen molar-refractivity contribution >= 4 is 23.8 Å². The average molecular weight is 160 g/mol. The SMILES string of the molecule is Cc1cc[nH]c(=S)c1Cl. The van der Waals surface area contributed by atoms with E-state index in [1.165, 1.54) is 0 Å². The Morgan fingerprint density at radius 2 is 2.33 bits per heavy atom. The van der Waals surface area contributed by atoms with E-state index >= 15 is 0 Å². The van der Waals surface area contributed by atoms with Gasteiger partial charge in [-0.1, -0.05) is 23.8 Å². The Hall–Kier alpha value is -0.340. The van der Waals surface area contributed by atoms with Crippen LogP contribution in [0.5, 0.6) is 0 Å². The molecule has 3 heteroatoms. The highest BCUT2D eigenvalue weighted by atomic mass is 35.5. The summed E-state index contributed by atoms with van der Waals surface area (Å²) in [6, 6.07) is 1.89. The molecule has 0 saturated heterocycles. The van der Waals surface area contributed by atoms with E-state index in [0.29, 0.717) is 9.66 Å². The standard InChI is InChI=1S/C6H6ClNS/c1-4-2-3-8-6(9)5(4)7/h2-3H,1H3,(H,8,9). The van der Waals surface area contributed by atoms with Gasteiger partial charge in [-0.25, -0.2) is 0 Å². The highest BCUT2D eigenvalue weighted by Crippen LogP contribution is 2.12. The van der Waals surface area contributed by atoms with Crippen molar-refractivity contribution in [3.63, 3.8) is 0 Å². The number of halogens is 1. The van der Waals surface area contributed by atoms with E-state index in [4.69, 9.17) is 23.8 Å². The Labute approximate surface area is 63.7 Å². The number of aromatic amines is 1. The van der Waals surface area contributed by atoms with Crippen LogP contribution in [0.4, 0.5) is 0 Å². The summed E-state index contributed by atoms with van der Waals surface area (Å²) in [7, 11) is 0. The number of H-pyrrole nitrogens is 1. The predicted octanol–water partition coefficient (Wildman–Crippen LogP) is 2.71. The minimum absolute atomic E-state index is 0.608. The lowest BCUT2D eigenvalue weighted by molar-refractivity contribution is 1.26. The van der Waals surface area contributed by atoms with E-state index < -0.39 is 0 Å². The summed E-state index contributed by atoms with van der Waals surface area (Å²) < 4.78 is 0.608. The van der Waals surface area contributed by atoms with Crippen LogP contribution in [-0.2, 0) is 0 Å². The van der Waals surface area contributed by atoms with Crippen molar-refractivity contribution in [2.45, 2.75) is 6.92 Å². The van der Waals surface area contributed by atoms with Crippen molar-refractivity contribution in [1.29, 1.82) is 0 Å². The third-order valence-corrected chi connectivity index (χ3v) is 2.01. The van der Waals surface area contributed by atoms with Crippen LogP contribution in [0.1, 0.15) is 5.56 Å². The first kappa shape index (κ1) is 6.78. The third kappa shape index (κ3) is 1.32. The highest BCUT2D eigenvalue weighted by molar-refractivity contribution is 7.71. The molecule has 0 spiro atoms.